The molecule has 0 aliphatic heterocycles. The molecule has 184 valence electrons. The average Bonchev–Trinajstić information content (AvgIpc) is 2.82. The molecule has 2 N–H and O–H groups in total. The number of carboxylic acids is 2. The van der Waals surface area contributed by atoms with Crippen molar-refractivity contribution in [3.63, 3.8) is 0 Å². The average molecular weight is 473 g/mol. The predicted octanol–water partition coefficient (Wildman–Crippen LogP) is 4.56. The van der Waals surface area contributed by atoms with Crippen LogP contribution >= 0.6 is 0 Å². The summed E-state index contributed by atoms with van der Waals surface area (Å²) < 4.78 is 0. The van der Waals surface area contributed by atoms with E-state index in [1.165, 1.54) is 0 Å². The highest BCUT2D eigenvalue weighted by Gasteiger charge is 2.25. The molecule has 34 heavy (non-hydrogen) atoms. The van der Waals surface area contributed by atoms with Crippen LogP contribution in [0, 0.1) is 45.3 Å². The molecular formula is C22H32N8O4. The minimum absolute atomic E-state index is 0.0367. The summed E-state index contributed by atoms with van der Waals surface area (Å²) in [7, 11) is 0. The van der Waals surface area contributed by atoms with Crippen LogP contribution in [-0.2, 0) is 9.59 Å². The van der Waals surface area contributed by atoms with Crippen LogP contribution in [0.5, 0.6) is 0 Å². The van der Waals surface area contributed by atoms with Gasteiger partial charge in [0.1, 0.15) is 0 Å². The Hall–Kier alpha value is -3.90. The molecule has 12 nitrogen and oxygen atoms in total. The lowest BCUT2D eigenvalue weighted by Gasteiger charge is -2.16. The monoisotopic (exact) mass is 472 g/mol. The molecule has 0 fully saturated rings. The summed E-state index contributed by atoms with van der Waals surface area (Å²) in [5, 5.41) is 67.7. The lowest BCUT2D eigenvalue weighted by Crippen LogP contribution is -2.22. The number of azo groups is 2. The number of hydrogen-bond donors (Lipinski definition) is 2. The molecule has 0 aliphatic rings. The van der Waals surface area contributed by atoms with Gasteiger partial charge in [0.25, 0.3) is 0 Å². The zero-order chi connectivity index (χ0) is 26.6. The molecule has 0 rings (SSSR count). The number of carbonyl (C=O) groups is 2. The molecule has 12 heteroatoms. The molecular weight excluding hydrogens is 440 g/mol. The maximum absolute atomic E-state index is 10.5. The van der Waals surface area contributed by atoms with Gasteiger partial charge < -0.3 is 10.2 Å². The zero-order valence-corrected chi connectivity index (χ0v) is 20.1. The fourth-order valence-corrected chi connectivity index (χ4v) is 1.95. The molecule has 0 radical (unpaired) electrons. The molecule has 0 saturated carbocycles. The van der Waals surface area contributed by atoms with E-state index in [0.29, 0.717) is 12.8 Å². The maximum Gasteiger partial charge on any atom is 0.303 e. The van der Waals surface area contributed by atoms with Crippen molar-refractivity contribution in [2.24, 2.45) is 20.5 Å². The SMILES string of the molecule is CCC(C)(C#N)N=NC(C)(C#N)CC.N#CC[C@@H](CCC(=O)O)N=N[C@@H](CC#N)CCC(=O)O. The summed E-state index contributed by atoms with van der Waals surface area (Å²) in [6, 6.07) is 6.86. The molecule has 0 saturated heterocycles. The largest absolute Gasteiger partial charge is 0.481 e. The first-order valence-electron chi connectivity index (χ1n) is 10.8. The smallest absolute Gasteiger partial charge is 0.303 e. The number of nitrogens with zero attached hydrogens (tertiary/aromatic N) is 8. The summed E-state index contributed by atoms with van der Waals surface area (Å²) in [5.74, 6) is -1.97. The molecule has 0 aromatic carbocycles. The molecule has 0 amide bonds. The molecule has 0 aromatic rings. The van der Waals surface area contributed by atoms with Gasteiger partial charge in [-0.3, -0.25) is 9.59 Å². The summed E-state index contributed by atoms with van der Waals surface area (Å²) in [6.07, 6.45) is 1.39. The van der Waals surface area contributed by atoms with Gasteiger partial charge in [0.05, 0.1) is 49.2 Å². The highest BCUT2D eigenvalue weighted by atomic mass is 16.4. The van der Waals surface area contributed by atoms with E-state index in [4.69, 9.17) is 31.3 Å². The standard InChI is InChI=1S/C12H16N4O4.C10H16N4/c13-7-5-9(1-3-11(17)18)15-16-10(6-8-14)2-4-12(19)20;1-5-9(3,7-11)13-14-10(4,6-2)8-12/h9-10H,1-6H2,(H,17,18)(H,19,20);5-6H2,1-4H3/t9-,10-;/m1./s1. The number of nitriles is 4. The summed E-state index contributed by atoms with van der Waals surface area (Å²) in [4.78, 5) is 20.9. The topological polar surface area (TPSA) is 219 Å². The fourth-order valence-electron chi connectivity index (χ4n) is 1.95. The van der Waals surface area contributed by atoms with Gasteiger partial charge in [-0.2, -0.15) is 41.5 Å². The van der Waals surface area contributed by atoms with E-state index in [0.717, 1.165) is 0 Å². The Morgan fingerprint density at radius 1 is 0.765 bits per heavy atom. The fraction of sp³-hybridized carbons (Fsp3) is 0.727. The third kappa shape index (κ3) is 15.8. The summed E-state index contributed by atoms with van der Waals surface area (Å²) >= 11 is 0. The first-order chi connectivity index (χ1) is 15.9. The van der Waals surface area contributed by atoms with E-state index in [1.807, 2.05) is 26.0 Å². The van der Waals surface area contributed by atoms with Crippen molar-refractivity contribution in [1.29, 1.82) is 21.0 Å². The van der Waals surface area contributed by atoms with Crippen molar-refractivity contribution in [1.82, 2.24) is 0 Å². The van der Waals surface area contributed by atoms with Crippen LogP contribution in [0.2, 0.25) is 0 Å². The number of carboxylic acid groups (broad SMARTS) is 2. The van der Waals surface area contributed by atoms with Crippen LogP contribution in [0.1, 0.15) is 79.1 Å². The van der Waals surface area contributed by atoms with Crippen molar-refractivity contribution in [2.45, 2.75) is 102 Å². The van der Waals surface area contributed by atoms with E-state index in [1.54, 1.807) is 13.8 Å². The second-order valence-electron chi connectivity index (χ2n) is 7.81. The molecule has 0 aliphatic carbocycles. The van der Waals surface area contributed by atoms with Crippen molar-refractivity contribution in [3.05, 3.63) is 0 Å². The highest BCUT2D eigenvalue weighted by Crippen LogP contribution is 2.20. The van der Waals surface area contributed by atoms with Gasteiger partial charge >= 0.3 is 11.9 Å². The van der Waals surface area contributed by atoms with E-state index >= 15 is 0 Å². The number of rotatable bonds is 14. The number of hydrogen-bond acceptors (Lipinski definition) is 10. The Morgan fingerprint density at radius 3 is 1.29 bits per heavy atom. The van der Waals surface area contributed by atoms with Gasteiger partial charge in [0.2, 0.25) is 0 Å². The van der Waals surface area contributed by atoms with Crippen LogP contribution in [0.4, 0.5) is 0 Å². The molecule has 0 heterocycles. The second-order valence-corrected chi connectivity index (χ2v) is 7.81. The minimum Gasteiger partial charge on any atom is -0.481 e. The van der Waals surface area contributed by atoms with E-state index < -0.39 is 35.1 Å². The van der Waals surface area contributed by atoms with Crippen LogP contribution in [-0.4, -0.2) is 45.3 Å². The van der Waals surface area contributed by atoms with Gasteiger partial charge in [-0.1, -0.05) is 13.8 Å². The van der Waals surface area contributed by atoms with Crippen LogP contribution in [0.15, 0.2) is 20.5 Å². The lowest BCUT2D eigenvalue weighted by atomic mass is 10.0. The Kier molecular flexibility index (Phi) is 16.7. The van der Waals surface area contributed by atoms with Crippen molar-refractivity contribution < 1.29 is 19.8 Å². The first-order valence-corrected chi connectivity index (χ1v) is 10.8. The van der Waals surface area contributed by atoms with E-state index in [-0.39, 0.29) is 38.5 Å². The third-order valence-corrected chi connectivity index (χ3v) is 4.78. The molecule has 0 aromatic heterocycles. The Morgan fingerprint density at radius 2 is 1.09 bits per heavy atom. The Bertz CT molecular complexity index is 807. The normalized spacial score (nSPS) is 15.8. The van der Waals surface area contributed by atoms with Crippen LogP contribution < -0.4 is 0 Å². The molecule has 0 bridgehead atoms. The lowest BCUT2D eigenvalue weighted by molar-refractivity contribution is -0.138. The Balaban J connectivity index is 0. The van der Waals surface area contributed by atoms with Crippen molar-refractivity contribution in [3.8, 4) is 24.3 Å². The van der Waals surface area contributed by atoms with Gasteiger partial charge in [-0.05, 0) is 39.5 Å². The van der Waals surface area contributed by atoms with Gasteiger partial charge in [-0.15, -0.1) is 0 Å². The van der Waals surface area contributed by atoms with Crippen molar-refractivity contribution in [2.75, 3.05) is 0 Å². The highest BCUT2D eigenvalue weighted by molar-refractivity contribution is 5.67. The zero-order valence-electron chi connectivity index (χ0n) is 20.1. The van der Waals surface area contributed by atoms with Crippen LogP contribution in [0.3, 0.4) is 0 Å². The van der Waals surface area contributed by atoms with Gasteiger partial charge in [-0.25, -0.2) is 0 Å². The number of aliphatic carboxylic acids is 2. The third-order valence-electron chi connectivity index (χ3n) is 4.78. The molecule has 4 atom stereocenters. The Labute approximate surface area is 200 Å². The quantitative estimate of drug-likeness (QED) is 0.340. The maximum atomic E-state index is 10.5. The molecule has 0 spiro atoms. The van der Waals surface area contributed by atoms with Gasteiger partial charge in [0, 0.05) is 12.8 Å². The van der Waals surface area contributed by atoms with E-state index in [2.05, 4.69) is 32.6 Å². The van der Waals surface area contributed by atoms with Gasteiger partial charge in [0.15, 0.2) is 11.1 Å². The van der Waals surface area contributed by atoms with Crippen LogP contribution in [0.25, 0.3) is 0 Å². The summed E-state index contributed by atoms with van der Waals surface area (Å²) in [5.41, 5.74) is -1.60. The second kappa shape index (κ2) is 17.6. The molecule has 2 unspecified atom stereocenters. The predicted molar refractivity (Wildman–Crippen MR) is 120 cm³/mol. The minimum atomic E-state index is -0.984. The van der Waals surface area contributed by atoms with Crippen molar-refractivity contribution >= 4 is 11.9 Å². The first kappa shape index (κ1) is 32.3. The van der Waals surface area contributed by atoms with E-state index in [9.17, 15) is 9.59 Å². The summed E-state index contributed by atoms with van der Waals surface area (Å²) in [6.45, 7) is 7.17.